The number of benzene rings is 1. The highest BCUT2D eigenvalue weighted by Gasteiger charge is 2.32. The number of carboxylic acids is 1. The molecule has 1 aromatic carbocycles. The Kier molecular flexibility index (Phi) is 3.65. The SMILES string of the molecule is O=C(O)C1CCN(C(=O)c2c(F)cccc2Br)C1. The second kappa shape index (κ2) is 5.06. The summed E-state index contributed by atoms with van der Waals surface area (Å²) in [5, 5.41) is 8.87. The molecule has 1 saturated heterocycles. The Balaban J connectivity index is 2.21. The normalized spacial score (nSPS) is 19.0. The summed E-state index contributed by atoms with van der Waals surface area (Å²) in [5.74, 6) is -2.55. The molecule has 96 valence electrons. The van der Waals surface area contributed by atoms with E-state index < -0.39 is 23.6 Å². The summed E-state index contributed by atoms with van der Waals surface area (Å²) in [7, 11) is 0. The molecule has 0 radical (unpaired) electrons. The van der Waals surface area contributed by atoms with Gasteiger partial charge in [0, 0.05) is 17.6 Å². The number of likely N-dealkylation sites (tertiary alicyclic amines) is 1. The van der Waals surface area contributed by atoms with E-state index in [4.69, 9.17) is 5.11 Å². The topological polar surface area (TPSA) is 57.6 Å². The highest BCUT2D eigenvalue weighted by molar-refractivity contribution is 9.10. The van der Waals surface area contributed by atoms with Crippen molar-refractivity contribution in [3.05, 3.63) is 34.1 Å². The molecule has 0 saturated carbocycles. The van der Waals surface area contributed by atoms with Crippen molar-refractivity contribution < 1.29 is 19.1 Å². The lowest BCUT2D eigenvalue weighted by atomic mass is 10.1. The van der Waals surface area contributed by atoms with E-state index in [1.54, 1.807) is 6.07 Å². The van der Waals surface area contributed by atoms with Crippen molar-refractivity contribution in [1.82, 2.24) is 4.90 Å². The van der Waals surface area contributed by atoms with Gasteiger partial charge >= 0.3 is 5.97 Å². The molecule has 1 fully saturated rings. The van der Waals surface area contributed by atoms with Crippen LogP contribution in [0.3, 0.4) is 0 Å². The zero-order chi connectivity index (χ0) is 13.3. The molecule has 1 amide bonds. The van der Waals surface area contributed by atoms with E-state index in [9.17, 15) is 14.0 Å². The summed E-state index contributed by atoms with van der Waals surface area (Å²) in [6.07, 6.45) is 0.410. The third-order valence-corrected chi connectivity index (χ3v) is 3.66. The van der Waals surface area contributed by atoms with Gasteiger partial charge in [0.25, 0.3) is 5.91 Å². The van der Waals surface area contributed by atoms with E-state index >= 15 is 0 Å². The number of hydrogen-bond donors (Lipinski definition) is 1. The maximum absolute atomic E-state index is 13.6. The number of nitrogens with zero attached hydrogens (tertiary/aromatic N) is 1. The van der Waals surface area contributed by atoms with Crippen molar-refractivity contribution in [3.63, 3.8) is 0 Å². The zero-order valence-electron chi connectivity index (χ0n) is 9.40. The third-order valence-electron chi connectivity index (χ3n) is 3.00. The first kappa shape index (κ1) is 13.0. The number of rotatable bonds is 2. The minimum absolute atomic E-state index is 0.0384. The number of carbonyl (C=O) groups excluding carboxylic acids is 1. The van der Waals surface area contributed by atoms with Gasteiger partial charge in [-0.05, 0) is 34.5 Å². The first-order valence-electron chi connectivity index (χ1n) is 5.47. The van der Waals surface area contributed by atoms with E-state index in [2.05, 4.69) is 15.9 Å². The first-order valence-corrected chi connectivity index (χ1v) is 6.26. The average molecular weight is 316 g/mol. The lowest BCUT2D eigenvalue weighted by Crippen LogP contribution is -2.30. The van der Waals surface area contributed by atoms with Crippen molar-refractivity contribution in [2.24, 2.45) is 5.92 Å². The Morgan fingerprint density at radius 2 is 2.17 bits per heavy atom. The Hall–Kier alpha value is -1.43. The molecule has 1 aliphatic heterocycles. The van der Waals surface area contributed by atoms with Gasteiger partial charge in [0.2, 0.25) is 0 Å². The van der Waals surface area contributed by atoms with Crippen LogP contribution in [0, 0.1) is 11.7 Å². The number of amides is 1. The second-order valence-electron chi connectivity index (χ2n) is 4.17. The molecule has 1 heterocycles. The quantitative estimate of drug-likeness (QED) is 0.909. The van der Waals surface area contributed by atoms with Gasteiger partial charge in [-0.3, -0.25) is 9.59 Å². The Morgan fingerprint density at radius 1 is 1.44 bits per heavy atom. The zero-order valence-corrected chi connectivity index (χ0v) is 11.0. The van der Waals surface area contributed by atoms with E-state index in [0.29, 0.717) is 17.4 Å². The van der Waals surface area contributed by atoms with E-state index in [1.165, 1.54) is 17.0 Å². The molecule has 0 aromatic heterocycles. The van der Waals surface area contributed by atoms with Gasteiger partial charge < -0.3 is 10.0 Å². The van der Waals surface area contributed by atoms with Crippen molar-refractivity contribution in [2.45, 2.75) is 6.42 Å². The molecular weight excluding hydrogens is 305 g/mol. The maximum Gasteiger partial charge on any atom is 0.308 e. The van der Waals surface area contributed by atoms with Crippen molar-refractivity contribution >= 4 is 27.8 Å². The lowest BCUT2D eigenvalue weighted by Gasteiger charge is -2.17. The molecule has 6 heteroatoms. The smallest absolute Gasteiger partial charge is 0.308 e. The number of carboxylic acid groups (broad SMARTS) is 1. The van der Waals surface area contributed by atoms with Gasteiger partial charge in [0.05, 0.1) is 11.5 Å². The predicted octanol–water partition coefficient (Wildman–Crippen LogP) is 2.13. The fourth-order valence-corrected chi connectivity index (χ4v) is 2.52. The highest BCUT2D eigenvalue weighted by Crippen LogP contribution is 2.25. The largest absolute Gasteiger partial charge is 0.481 e. The molecule has 1 atom stereocenters. The van der Waals surface area contributed by atoms with E-state index in [1.807, 2.05) is 0 Å². The van der Waals surface area contributed by atoms with Crippen LogP contribution >= 0.6 is 15.9 Å². The van der Waals surface area contributed by atoms with Crippen LogP contribution in [0.15, 0.2) is 22.7 Å². The minimum atomic E-state index is -0.919. The molecule has 0 aliphatic carbocycles. The molecule has 0 spiro atoms. The Bertz CT molecular complexity index is 486. The van der Waals surface area contributed by atoms with Crippen LogP contribution in [0.1, 0.15) is 16.8 Å². The minimum Gasteiger partial charge on any atom is -0.481 e. The lowest BCUT2D eigenvalue weighted by molar-refractivity contribution is -0.141. The van der Waals surface area contributed by atoms with Gasteiger partial charge in [-0.15, -0.1) is 0 Å². The van der Waals surface area contributed by atoms with Gasteiger partial charge in [0.1, 0.15) is 5.82 Å². The molecule has 18 heavy (non-hydrogen) atoms. The molecule has 1 unspecified atom stereocenters. The Labute approximate surface area is 112 Å². The van der Waals surface area contributed by atoms with Crippen LogP contribution in [0.2, 0.25) is 0 Å². The fraction of sp³-hybridized carbons (Fsp3) is 0.333. The number of hydrogen-bond acceptors (Lipinski definition) is 2. The third kappa shape index (κ3) is 2.38. The molecular formula is C12H11BrFNO3. The summed E-state index contributed by atoms with van der Waals surface area (Å²) >= 11 is 3.14. The van der Waals surface area contributed by atoms with Crippen LogP contribution in [-0.4, -0.2) is 35.0 Å². The summed E-state index contributed by atoms with van der Waals surface area (Å²) in [6, 6.07) is 4.30. The van der Waals surface area contributed by atoms with Gasteiger partial charge in [-0.1, -0.05) is 6.07 Å². The first-order chi connectivity index (χ1) is 8.50. The van der Waals surface area contributed by atoms with Crippen LogP contribution < -0.4 is 0 Å². The fourth-order valence-electron chi connectivity index (χ4n) is 2.01. The summed E-state index contributed by atoms with van der Waals surface area (Å²) in [4.78, 5) is 24.3. The van der Waals surface area contributed by atoms with Crippen molar-refractivity contribution in [3.8, 4) is 0 Å². The van der Waals surface area contributed by atoms with Crippen LogP contribution in [-0.2, 0) is 4.79 Å². The van der Waals surface area contributed by atoms with Gasteiger partial charge in [-0.2, -0.15) is 0 Å². The molecule has 4 nitrogen and oxygen atoms in total. The average Bonchev–Trinajstić information content (AvgIpc) is 2.77. The maximum atomic E-state index is 13.6. The number of carbonyl (C=O) groups is 2. The van der Waals surface area contributed by atoms with Crippen LogP contribution in [0.5, 0.6) is 0 Å². The molecule has 0 bridgehead atoms. The predicted molar refractivity (Wildman–Crippen MR) is 65.7 cm³/mol. The van der Waals surface area contributed by atoms with Crippen molar-refractivity contribution in [2.75, 3.05) is 13.1 Å². The highest BCUT2D eigenvalue weighted by atomic mass is 79.9. The molecule has 1 aliphatic rings. The summed E-state index contributed by atoms with van der Waals surface area (Å²) in [6.45, 7) is 0.478. The second-order valence-corrected chi connectivity index (χ2v) is 5.03. The molecule has 1 aromatic rings. The molecule has 1 N–H and O–H groups in total. The van der Waals surface area contributed by atoms with Crippen LogP contribution in [0.25, 0.3) is 0 Å². The monoisotopic (exact) mass is 315 g/mol. The standard InChI is InChI=1S/C12H11BrFNO3/c13-8-2-1-3-9(14)10(8)11(16)15-5-4-7(6-15)12(17)18/h1-3,7H,4-6H2,(H,17,18). The number of halogens is 2. The van der Waals surface area contributed by atoms with Crippen LogP contribution in [0.4, 0.5) is 4.39 Å². The summed E-state index contributed by atoms with van der Waals surface area (Å²) < 4.78 is 14.0. The van der Waals surface area contributed by atoms with Gasteiger partial charge in [0.15, 0.2) is 0 Å². The van der Waals surface area contributed by atoms with Crippen molar-refractivity contribution in [1.29, 1.82) is 0 Å². The Morgan fingerprint density at radius 3 is 2.72 bits per heavy atom. The van der Waals surface area contributed by atoms with E-state index in [-0.39, 0.29) is 12.1 Å². The van der Waals surface area contributed by atoms with Gasteiger partial charge in [-0.25, -0.2) is 4.39 Å². The number of aliphatic carboxylic acids is 1. The summed E-state index contributed by atoms with van der Waals surface area (Å²) in [5.41, 5.74) is -0.0384. The molecule has 2 rings (SSSR count). The van der Waals surface area contributed by atoms with E-state index in [0.717, 1.165) is 0 Å².